The summed E-state index contributed by atoms with van der Waals surface area (Å²) in [6, 6.07) is 0. The lowest BCUT2D eigenvalue weighted by Gasteiger charge is -2.25. The monoisotopic (exact) mass is 255 g/mol. The Balaban J connectivity index is 2.46. The topological polar surface area (TPSA) is 66.6 Å². The highest BCUT2D eigenvalue weighted by Gasteiger charge is 2.23. The van der Waals surface area contributed by atoms with Gasteiger partial charge in [-0.25, -0.2) is 0 Å². The van der Waals surface area contributed by atoms with E-state index in [0.29, 0.717) is 19.5 Å². The van der Waals surface area contributed by atoms with Crippen LogP contribution in [0.4, 0.5) is 0 Å². The Labute approximate surface area is 109 Å². The molecule has 5 nitrogen and oxygen atoms in total. The maximum Gasteiger partial charge on any atom is 0.231 e. The molecule has 0 aromatic carbocycles. The van der Waals surface area contributed by atoms with E-state index in [2.05, 4.69) is 20.8 Å². The van der Waals surface area contributed by atoms with Crippen LogP contribution in [-0.4, -0.2) is 54.3 Å². The third-order valence-electron chi connectivity index (χ3n) is 3.00. The molecular formula is C13H25N3O2. The molecule has 1 saturated heterocycles. The molecule has 5 heteroatoms. The van der Waals surface area contributed by atoms with Gasteiger partial charge in [0.05, 0.1) is 6.54 Å². The summed E-state index contributed by atoms with van der Waals surface area (Å²) in [5.74, 6) is -0.0899. The van der Waals surface area contributed by atoms with E-state index in [0.717, 1.165) is 26.1 Å². The van der Waals surface area contributed by atoms with Crippen molar-refractivity contribution in [1.29, 1.82) is 0 Å². The summed E-state index contributed by atoms with van der Waals surface area (Å²) in [5, 5.41) is 0. The van der Waals surface area contributed by atoms with Gasteiger partial charge in [-0.3, -0.25) is 14.5 Å². The minimum atomic E-state index is -0.301. The fraction of sp³-hybridized carbons (Fsp3) is 0.846. The number of carbonyl (C=O) groups excluding carboxylic acids is 2. The van der Waals surface area contributed by atoms with Crippen molar-refractivity contribution in [3.63, 3.8) is 0 Å². The summed E-state index contributed by atoms with van der Waals surface area (Å²) in [6.45, 7) is 9.56. The standard InChI is InChI=1S/C13H25N3O2/c1-13(2,3)9-12(18)16-6-4-5-15(7-8-16)10-11(14)17/h4-10H2,1-3H3,(H2,14,17). The minimum absolute atomic E-state index is 0.0241. The van der Waals surface area contributed by atoms with E-state index in [-0.39, 0.29) is 17.2 Å². The van der Waals surface area contributed by atoms with Crippen molar-refractivity contribution < 1.29 is 9.59 Å². The predicted molar refractivity (Wildman–Crippen MR) is 70.9 cm³/mol. The summed E-state index contributed by atoms with van der Waals surface area (Å²) in [4.78, 5) is 26.9. The first-order valence-corrected chi connectivity index (χ1v) is 6.56. The molecule has 0 spiro atoms. The van der Waals surface area contributed by atoms with Gasteiger partial charge in [0.15, 0.2) is 0 Å². The second kappa shape index (κ2) is 6.18. The van der Waals surface area contributed by atoms with E-state index in [9.17, 15) is 9.59 Å². The molecule has 0 atom stereocenters. The molecule has 2 N–H and O–H groups in total. The summed E-state index contributed by atoms with van der Waals surface area (Å²) in [5.41, 5.74) is 5.21. The second-order valence-corrected chi connectivity index (χ2v) is 6.21. The number of rotatable bonds is 3. The number of carbonyl (C=O) groups is 2. The quantitative estimate of drug-likeness (QED) is 0.796. The van der Waals surface area contributed by atoms with Crippen LogP contribution in [0.25, 0.3) is 0 Å². The van der Waals surface area contributed by atoms with Crippen molar-refractivity contribution in [3.05, 3.63) is 0 Å². The molecule has 1 rings (SSSR count). The van der Waals surface area contributed by atoms with E-state index >= 15 is 0 Å². The van der Waals surface area contributed by atoms with Crippen molar-refractivity contribution in [2.24, 2.45) is 11.1 Å². The Kier molecular flexibility index (Phi) is 5.14. The van der Waals surface area contributed by atoms with Gasteiger partial charge in [-0.1, -0.05) is 20.8 Å². The molecule has 1 fully saturated rings. The van der Waals surface area contributed by atoms with Crippen molar-refractivity contribution in [3.8, 4) is 0 Å². The third-order valence-corrected chi connectivity index (χ3v) is 3.00. The fourth-order valence-corrected chi connectivity index (χ4v) is 2.16. The Hall–Kier alpha value is -1.10. The Morgan fingerprint density at radius 3 is 2.33 bits per heavy atom. The Morgan fingerprint density at radius 2 is 1.78 bits per heavy atom. The smallest absolute Gasteiger partial charge is 0.231 e. The van der Waals surface area contributed by atoms with Gasteiger partial charge in [-0.2, -0.15) is 0 Å². The van der Waals surface area contributed by atoms with E-state index in [4.69, 9.17) is 5.73 Å². The molecule has 18 heavy (non-hydrogen) atoms. The maximum atomic E-state index is 12.1. The summed E-state index contributed by atoms with van der Waals surface area (Å²) >= 11 is 0. The van der Waals surface area contributed by atoms with Crippen LogP contribution >= 0.6 is 0 Å². The first-order valence-electron chi connectivity index (χ1n) is 6.56. The van der Waals surface area contributed by atoms with Crippen LogP contribution in [0.1, 0.15) is 33.6 Å². The van der Waals surface area contributed by atoms with E-state index in [1.54, 1.807) is 0 Å². The number of hydrogen-bond acceptors (Lipinski definition) is 3. The molecule has 0 saturated carbocycles. The first-order chi connectivity index (χ1) is 8.28. The van der Waals surface area contributed by atoms with Crippen molar-refractivity contribution in [2.75, 3.05) is 32.7 Å². The molecule has 2 amide bonds. The number of nitrogens with zero attached hydrogens (tertiary/aromatic N) is 2. The molecule has 0 bridgehead atoms. The molecule has 0 aromatic rings. The van der Waals surface area contributed by atoms with Crippen LogP contribution in [0, 0.1) is 5.41 Å². The largest absolute Gasteiger partial charge is 0.369 e. The van der Waals surface area contributed by atoms with E-state index < -0.39 is 0 Å². The van der Waals surface area contributed by atoms with E-state index in [1.165, 1.54) is 0 Å². The SMILES string of the molecule is CC(C)(C)CC(=O)N1CCCN(CC(N)=O)CC1. The van der Waals surface area contributed by atoms with Crippen LogP contribution in [0.3, 0.4) is 0 Å². The molecule has 1 aliphatic heterocycles. The van der Waals surface area contributed by atoms with Crippen molar-refractivity contribution in [2.45, 2.75) is 33.6 Å². The lowest BCUT2D eigenvalue weighted by molar-refractivity contribution is -0.132. The molecule has 1 heterocycles. The predicted octanol–water partition coefficient (Wildman–Crippen LogP) is 0.442. The van der Waals surface area contributed by atoms with Crippen LogP contribution in [0.2, 0.25) is 0 Å². The van der Waals surface area contributed by atoms with Gasteiger partial charge in [0.25, 0.3) is 0 Å². The van der Waals surface area contributed by atoms with Crippen molar-refractivity contribution in [1.82, 2.24) is 9.80 Å². The average molecular weight is 255 g/mol. The van der Waals surface area contributed by atoms with E-state index in [1.807, 2.05) is 9.80 Å². The average Bonchev–Trinajstić information content (AvgIpc) is 2.39. The first kappa shape index (κ1) is 15.0. The number of amides is 2. The molecule has 0 radical (unpaired) electrons. The normalized spacial score (nSPS) is 18.5. The number of nitrogens with two attached hydrogens (primary N) is 1. The van der Waals surface area contributed by atoms with Gasteiger partial charge in [-0.15, -0.1) is 0 Å². The third kappa shape index (κ3) is 5.49. The highest BCUT2D eigenvalue weighted by molar-refractivity contribution is 5.77. The zero-order valence-corrected chi connectivity index (χ0v) is 11.7. The fourth-order valence-electron chi connectivity index (χ4n) is 2.16. The molecule has 1 aliphatic rings. The summed E-state index contributed by atoms with van der Waals surface area (Å²) in [6.07, 6.45) is 1.48. The lowest BCUT2D eigenvalue weighted by Crippen LogP contribution is -2.39. The summed E-state index contributed by atoms with van der Waals surface area (Å²) in [7, 11) is 0. The number of primary amides is 1. The van der Waals surface area contributed by atoms with Gasteiger partial charge in [0, 0.05) is 32.6 Å². The molecule has 0 aromatic heterocycles. The number of hydrogen-bond donors (Lipinski definition) is 1. The molecule has 0 aliphatic carbocycles. The summed E-state index contributed by atoms with van der Waals surface area (Å²) < 4.78 is 0. The van der Waals surface area contributed by atoms with Gasteiger partial charge < -0.3 is 10.6 Å². The van der Waals surface area contributed by atoms with Gasteiger partial charge in [-0.05, 0) is 11.8 Å². The highest BCUT2D eigenvalue weighted by atomic mass is 16.2. The lowest BCUT2D eigenvalue weighted by atomic mass is 9.91. The molecular weight excluding hydrogens is 230 g/mol. The zero-order valence-electron chi connectivity index (χ0n) is 11.7. The molecule has 104 valence electrons. The Bertz CT molecular complexity index is 310. The van der Waals surface area contributed by atoms with Gasteiger partial charge in [0.2, 0.25) is 11.8 Å². The second-order valence-electron chi connectivity index (χ2n) is 6.21. The van der Waals surface area contributed by atoms with Crippen molar-refractivity contribution >= 4 is 11.8 Å². The van der Waals surface area contributed by atoms with Crippen LogP contribution < -0.4 is 5.73 Å². The van der Waals surface area contributed by atoms with Gasteiger partial charge >= 0.3 is 0 Å². The molecule has 0 unspecified atom stereocenters. The van der Waals surface area contributed by atoms with Crippen LogP contribution in [0.15, 0.2) is 0 Å². The maximum absolute atomic E-state index is 12.1. The minimum Gasteiger partial charge on any atom is -0.369 e. The van der Waals surface area contributed by atoms with Crippen LogP contribution in [0.5, 0.6) is 0 Å². The van der Waals surface area contributed by atoms with Crippen LogP contribution in [-0.2, 0) is 9.59 Å². The highest BCUT2D eigenvalue weighted by Crippen LogP contribution is 2.20. The zero-order chi connectivity index (χ0) is 13.8. The van der Waals surface area contributed by atoms with Gasteiger partial charge in [0.1, 0.15) is 0 Å². The Morgan fingerprint density at radius 1 is 1.11 bits per heavy atom.